The van der Waals surface area contributed by atoms with Crippen LogP contribution < -0.4 is 5.73 Å². The molecule has 3 heteroatoms. The van der Waals surface area contributed by atoms with Gasteiger partial charge >= 0.3 is 0 Å². The van der Waals surface area contributed by atoms with Crippen LogP contribution in [0.25, 0.3) is 5.52 Å². The topological polar surface area (TPSA) is 43.3 Å². The van der Waals surface area contributed by atoms with Gasteiger partial charge in [-0.05, 0) is 44.4 Å². The highest BCUT2D eigenvalue weighted by atomic mass is 15.2. The molecule has 3 nitrogen and oxygen atoms in total. The van der Waals surface area contributed by atoms with Crippen LogP contribution in [0.3, 0.4) is 0 Å². The number of rotatable bonds is 1. The fourth-order valence-electron chi connectivity index (χ4n) is 1.90. The molecule has 0 spiro atoms. The first-order valence-corrected chi connectivity index (χ1v) is 5.30. The van der Waals surface area contributed by atoms with Crippen LogP contribution in [-0.2, 0) is 6.42 Å². The number of pyridine rings is 1. The smallest absolute Gasteiger partial charge is 0.0900 e. The maximum Gasteiger partial charge on any atom is 0.0900 e. The molecular formula is C12H17N3. The molecule has 0 saturated carbocycles. The van der Waals surface area contributed by atoms with Crippen molar-refractivity contribution in [2.24, 2.45) is 0 Å². The molecule has 2 aromatic rings. The summed E-state index contributed by atoms with van der Waals surface area (Å²) in [7, 11) is 0. The summed E-state index contributed by atoms with van der Waals surface area (Å²) in [4.78, 5) is 0. The normalized spacial score (nSPS) is 11.2. The predicted molar refractivity (Wildman–Crippen MR) is 63.2 cm³/mol. The zero-order valence-electron chi connectivity index (χ0n) is 9.76. The summed E-state index contributed by atoms with van der Waals surface area (Å²) in [6.45, 7) is 8.39. The minimum Gasteiger partial charge on any atom is -0.395 e. The fourth-order valence-corrected chi connectivity index (χ4v) is 1.90. The lowest BCUT2D eigenvalue weighted by molar-refractivity contribution is 0.857. The van der Waals surface area contributed by atoms with Gasteiger partial charge in [0.1, 0.15) is 0 Å². The van der Waals surface area contributed by atoms with Crippen LogP contribution in [0, 0.1) is 20.8 Å². The lowest BCUT2D eigenvalue weighted by atomic mass is 10.1. The Morgan fingerprint density at radius 3 is 2.60 bits per heavy atom. The van der Waals surface area contributed by atoms with Crippen molar-refractivity contribution < 1.29 is 0 Å². The van der Waals surface area contributed by atoms with E-state index < -0.39 is 0 Å². The SMILES string of the molecule is CCc1nn2c(C)c(C)c(C)cc2c1N. The molecule has 0 aliphatic carbocycles. The number of aryl methyl sites for hydroxylation is 3. The molecule has 0 aliphatic rings. The number of nitrogens with two attached hydrogens (primary N) is 1. The minimum absolute atomic E-state index is 0.823. The van der Waals surface area contributed by atoms with Crippen LogP contribution in [0.2, 0.25) is 0 Å². The third-order valence-electron chi connectivity index (χ3n) is 3.18. The van der Waals surface area contributed by atoms with E-state index in [1.165, 1.54) is 16.8 Å². The van der Waals surface area contributed by atoms with E-state index in [0.717, 1.165) is 23.3 Å². The Balaban J connectivity index is 2.89. The first-order chi connectivity index (χ1) is 7.06. The highest BCUT2D eigenvalue weighted by molar-refractivity contribution is 5.73. The van der Waals surface area contributed by atoms with Crippen LogP contribution >= 0.6 is 0 Å². The van der Waals surface area contributed by atoms with Crippen molar-refractivity contribution in [3.63, 3.8) is 0 Å². The first kappa shape index (κ1) is 10.0. The van der Waals surface area contributed by atoms with Gasteiger partial charge in [0.15, 0.2) is 0 Å². The molecule has 0 fully saturated rings. The molecule has 0 aromatic carbocycles. The molecule has 0 aliphatic heterocycles. The van der Waals surface area contributed by atoms with E-state index in [0.29, 0.717) is 0 Å². The molecule has 0 bridgehead atoms. The summed E-state index contributed by atoms with van der Waals surface area (Å²) in [5.41, 5.74) is 12.6. The lowest BCUT2D eigenvalue weighted by Gasteiger charge is -2.06. The molecule has 2 rings (SSSR count). The highest BCUT2D eigenvalue weighted by Gasteiger charge is 2.11. The molecule has 0 radical (unpaired) electrons. The van der Waals surface area contributed by atoms with Crippen molar-refractivity contribution >= 4 is 11.2 Å². The van der Waals surface area contributed by atoms with Gasteiger partial charge in [0.05, 0.1) is 16.9 Å². The molecule has 2 aromatic heterocycles. The zero-order valence-corrected chi connectivity index (χ0v) is 9.76. The van der Waals surface area contributed by atoms with Gasteiger partial charge in [0.25, 0.3) is 0 Å². The molecular weight excluding hydrogens is 186 g/mol. The van der Waals surface area contributed by atoms with E-state index in [1.807, 2.05) is 4.52 Å². The number of nitrogens with zero attached hydrogens (tertiary/aromatic N) is 2. The van der Waals surface area contributed by atoms with Crippen LogP contribution in [-0.4, -0.2) is 9.61 Å². The van der Waals surface area contributed by atoms with Crippen molar-refractivity contribution in [1.29, 1.82) is 0 Å². The Morgan fingerprint density at radius 2 is 2.00 bits per heavy atom. The Hall–Kier alpha value is -1.51. The highest BCUT2D eigenvalue weighted by Crippen LogP contribution is 2.24. The van der Waals surface area contributed by atoms with Gasteiger partial charge in [0.2, 0.25) is 0 Å². The van der Waals surface area contributed by atoms with Crippen LogP contribution in [0.1, 0.15) is 29.4 Å². The molecule has 0 atom stereocenters. The monoisotopic (exact) mass is 203 g/mol. The number of fused-ring (bicyclic) bond motifs is 1. The lowest BCUT2D eigenvalue weighted by Crippen LogP contribution is -1.99. The molecule has 15 heavy (non-hydrogen) atoms. The second-order valence-electron chi connectivity index (χ2n) is 4.05. The Bertz CT molecular complexity index is 523. The molecule has 2 N–H and O–H groups in total. The fraction of sp³-hybridized carbons (Fsp3) is 0.417. The number of hydrogen-bond acceptors (Lipinski definition) is 2. The van der Waals surface area contributed by atoms with Gasteiger partial charge in [-0.2, -0.15) is 5.10 Å². The minimum atomic E-state index is 0.823. The van der Waals surface area contributed by atoms with Gasteiger partial charge in [-0.15, -0.1) is 0 Å². The summed E-state index contributed by atoms with van der Waals surface area (Å²) < 4.78 is 1.95. The van der Waals surface area contributed by atoms with E-state index in [9.17, 15) is 0 Å². The van der Waals surface area contributed by atoms with E-state index in [1.54, 1.807) is 0 Å². The average Bonchev–Trinajstić information content (AvgIpc) is 2.53. The molecule has 0 amide bonds. The second-order valence-corrected chi connectivity index (χ2v) is 4.05. The quantitative estimate of drug-likeness (QED) is 0.773. The van der Waals surface area contributed by atoms with Crippen LogP contribution in [0.4, 0.5) is 5.69 Å². The largest absolute Gasteiger partial charge is 0.395 e. The average molecular weight is 203 g/mol. The van der Waals surface area contributed by atoms with E-state index in [-0.39, 0.29) is 0 Å². The van der Waals surface area contributed by atoms with E-state index >= 15 is 0 Å². The number of aromatic nitrogens is 2. The van der Waals surface area contributed by atoms with E-state index in [4.69, 9.17) is 5.73 Å². The maximum atomic E-state index is 6.05. The standard InChI is InChI=1S/C12H17N3/c1-5-10-12(13)11-6-7(2)8(3)9(4)15(11)14-10/h6H,5,13H2,1-4H3. The number of anilines is 1. The van der Waals surface area contributed by atoms with Crippen LogP contribution in [0.15, 0.2) is 6.07 Å². The predicted octanol–water partition coefficient (Wildman–Crippen LogP) is 2.40. The van der Waals surface area contributed by atoms with Crippen molar-refractivity contribution in [3.8, 4) is 0 Å². The Morgan fingerprint density at radius 1 is 1.33 bits per heavy atom. The van der Waals surface area contributed by atoms with Gasteiger partial charge in [-0.1, -0.05) is 6.92 Å². The summed E-state index contributed by atoms with van der Waals surface area (Å²) in [6.07, 6.45) is 0.880. The maximum absolute atomic E-state index is 6.05. The van der Waals surface area contributed by atoms with Gasteiger partial charge < -0.3 is 5.73 Å². The summed E-state index contributed by atoms with van der Waals surface area (Å²) in [6, 6.07) is 2.11. The van der Waals surface area contributed by atoms with Crippen molar-refractivity contribution in [3.05, 3.63) is 28.6 Å². The number of hydrogen-bond donors (Lipinski definition) is 1. The second kappa shape index (κ2) is 3.26. The Kier molecular flexibility index (Phi) is 2.18. The third kappa shape index (κ3) is 1.30. The summed E-state index contributed by atoms with van der Waals surface area (Å²) in [5.74, 6) is 0. The molecule has 0 saturated heterocycles. The first-order valence-electron chi connectivity index (χ1n) is 5.30. The summed E-state index contributed by atoms with van der Waals surface area (Å²) >= 11 is 0. The van der Waals surface area contributed by atoms with Crippen molar-refractivity contribution in [1.82, 2.24) is 9.61 Å². The summed E-state index contributed by atoms with van der Waals surface area (Å²) in [5, 5.41) is 4.52. The van der Waals surface area contributed by atoms with Gasteiger partial charge in [0, 0.05) is 5.69 Å². The van der Waals surface area contributed by atoms with E-state index in [2.05, 4.69) is 38.9 Å². The van der Waals surface area contributed by atoms with Gasteiger partial charge in [-0.3, -0.25) is 0 Å². The molecule has 0 unspecified atom stereocenters. The third-order valence-corrected chi connectivity index (χ3v) is 3.18. The Labute approximate surface area is 89.9 Å². The number of nitrogen functional groups attached to an aromatic ring is 1. The zero-order chi connectivity index (χ0) is 11.2. The van der Waals surface area contributed by atoms with Crippen molar-refractivity contribution in [2.45, 2.75) is 34.1 Å². The molecule has 2 heterocycles. The van der Waals surface area contributed by atoms with Crippen molar-refractivity contribution in [2.75, 3.05) is 5.73 Å². The van der Waals surface area contributed by atoms with Crippen LogP contribution in [0.5, 0.6) is 0 Å². The van der Waals surface area contributed by atoms with Gasteiger partial charge in [-0.25, -0.2) is 4.52 Å². The molecule has 80 valence electrons.